The third-order valence-electron chi connectivity index (χ3n) is 4.69. The van der Waals surface area contributed by atoms with Crippen LogP contribution in [-0.2, 0) is 6.54 Å². The quantitative estimate of drug-likeness (QED) is 0.536. The molecule has 0 N–H and O–H groups in total. The molecule has 27 heavy (non-hydrogen) atoms. The lowest BCUT2D eigenvalue weighted by atomic mass is 10.1. The van der Waals surface area contributed by atoms with Gasteiger partial charge in [0.05, 0.1) is 11.0 Å². The molecule has 0 saturated carbocycles. The number of carbonyl (C=O) groups is 1. The van der Waals surface area contributed by atoms with Gasteiger partial charge in [-0.05, 0) is 42.8 Å². The van der Waals surface area contributed by atoms with Crippen LogP contribution in [0.5, 0.6) is 0 Å². The zero-order valence-corrected chi connectivity index (χ0v) is 15.5. The van der Waals surface area contributed by atoms with Gasteiger partial charge in [0.15, 0.2) is 0 Å². The molecule has 0 fully saturated rings. The average molecular weight is 355 g/mol. The van der Waals surface area contributed by atoms with Gasteiger partial charge in [-0.25, -0.2) is 4.98 Å². The largest absolute Gasteiger partial charge is 0.337 e. The number of rotatable bonds is 4. The number of fused-ring (bicyclic) bond motifs is 1. The maximum absolute atomic E-state index is 12.8. The summed E-state index contributed by atoms with van der Waals surface area (Å²) in [5, 5.41) is 0. The molecule has 4 heteroatoms. The molecule has 0 spiro atoms. The Morgan fingerprint density at radius 1 is 0.963 bits per heavy atom. The molecule has 0 aliphatic carbocycles. The van der Waals surface area contributed by atoms with Crippen molar-refractivity contribution in [3.05, 3.63) is 95.8 Å². The minimum Gasteiger partial charge on any atom is -0.337 e. The van der Waals surface area contributed by atoms with E-state index < -0.39 is 0 Å². The Labute approximate surface area is 158 Å². The van der Waals surface area contributed by atoms with Crippen molar-refractivity contribution >= 4 is 16.9 Å². The summed E-state index contributed by atoms with van der Waals surface area (Å²) in [6.45, 7) is 2.56. The van der Waals surface area contributed by atoms with Gasteiger partial charge in [0.25, 0.3) is 5.91 Å². The van der Waals surface area contributed by atoms with Crippen molar-refractivity contribution in [3.63, 3.8) is 0 Å². The number of aryl methyl sites for hydroxylation is 1. The zero-order valence-electron chi connectivity index (χ0n) is 15.5. The molecule has 1 aromatic heterocycles. The summed E-state index contributed by atoms with van der Waals surface area (Å²) in [4.78, 5) is 19.2. The molecular formula is C23H21N3O. The lowest BCUT2D eigenvalue weighted by Crippen LogP contribution is -2.26. The number of hydrogen-bond donors (Lipinski definition) is 0. The average Bonchev–Trinajstić information content (AvgIpc) is 3.03. The highest BCUT2D eigenvalue weighted by molar-refractivity contribution is 5.97. The highest BCUT2D eigenvalue weighted by atomic mass is 16.2. The third-order valence-corrected chi connectivity index (χ3v) is 4.69. The lowest BCUT2D eigenvalue weighted by Gasteiger charge is -2.17. The topological polar surface area (TPSA) is 38.1 Å². The predicted octanol–water partition coefficient (Wildman–Crippen LogP) is 4.61. The SMILES string of the molecule is Cc1nc2cc(C(=O)N(C)Cc3ccccc3)ccc2n1-c1ccccc1. The van der Waals surface area contributed by atoms with Crippen molar-refractivity contribution < 1.29 is 4.79 Å². The highest BCUT2D eigenvalue weighted by Gasteiger charge is 2.15. The molecule has 0 aliphatic rings. The molecule has 1 heterocycles. The summed E-state index contributed by atoms with van der Waals surface area (Å²) in [5.41, 5.74) is 4.66. The Morgan fingerprint density at radius 2 is 1.63 bits per heavy atom. The summed E-state index contributed by atoms with van der Waals surface area (Å²) < 4.78 is 2.11. The Balaban J connectivity index is 1.65. The monoisotopic (exact) mass is 355 g/mol. The fourth-order valence-corrected chi connectivity index (χ4v) is 3.39. The van der Waals surface area contributed by atoms with E-state index in [2.05, 4.69) is 21.7 Å². The van der Waals surface area contributed by atoms with Crippen LogP contribution in [0.3, 0.4) is 0 Å². The number of nitrogens with zero attached hydrogens (tertiary/aromatic N) is 3. The molecule has 0 saturated heterocycles. The van der Waals surface area contributed by atoms with Crippen LogP contribution < -0.4 is 0 Å². The molecule has 0 unspecified atom stereocenters. The predicted molar refractivity (Wildman–Crippen MR) is 108 cm³/mol. The molecule has 4 rings (SSSR count). The van der Waals surface area contributed by atoms with Crippen molar-refractivity contribution in [2.24, 2.45) is 0 Å². The van der Waals surface area contributed by atoms with Crippen LogP contribution in [0.2, 0.25) is 0 Å². The number of imidazole rings is 1. The number of amides is 1. The van der Waals surface area contributed by atoms with Crippen LogP contribution in [0.1, 0.15) is 21.7 Å². The van der Waals surface area contributed by atoms with E-state index >= 15 is 0 Å². The number of hydrogen-bond acceptors (Lipinski definition) is 2. The molecule has 0 aliphatic heterocycles. The first-order valence-corrected chi connectivity index (χ1v) is 8.97. The van der Waals surface area contributed by atoms with E-state index in [0.29, 0.717) is 12.1 Å². The van der Waals surface area contributed by atoms with Gasteiger partial charge in [0, 0.05) is 24.8 Å². The highest BCUT2D eigenvalue weighted by Crippen LogP contribution is 2.23. The van der Waals surface area contributed by atoms with Crippen LogP contribution in [0.15, 0.2) is 78.9 Å². The van der Waals surface area contributed by atoms with Gasteiger partial charge in [-0.15, -0.1) is 0 Å². The first-order valence-electron chi connectivity index (χ1n) is 8.97. The number of para-hydroxylation sites is 1. The molecule has 0 radical (unpaired) electrons. The van der Waals surface area contributed by atoms with Gasteiger partial charge in [-0.1, -0.05) is 48.5 Å². The van der Waals surface area contributed by atoms with E-state index in [1.54, 1.807) is 4.90 Å². The van der Waals surface area contributed by atoms with E-state index in [-0.39, 0.29) is 5.91 Å². The first-order chi connectivity index (χ1) is 13.1. The molecule has 0 bridgehead atoms. The molecule has 3 aromatic carbocycles. The second kappa shape index (κ2) is 7.08. The second-order valence-electron chi connectivity index (χ2n) is 6.68. The van der Waals surface area contributed by atoms with Crippen molar-refractivity contribution in [1.29, 1.82) is 0 Å². The molecule has 0 atom stereocenters. The lowest BCUT2D eigenvalue weighted by molar-refractivity contribution is 0.0785. The van der Waals surface area contributed by atoms with Crippen LogP contribution >= 0.6 is 0 Å². The summed E-state index contributed by atoms with van der Waals surface area (Å²) in [7, 11) is 1.83. The Kier molecular flexibility index (Phi) is 4.47. The standard InChI is InChI=1S/C23H21N3O/c1-17-24-21-15-19(23(27)25(2)16-18-9-5-3-6-10-18)13-14-22(21)26(17)20-11-7-4-8-12-20/h3-15H,16H2,1-2H3. The Morgan fingerprint density at radius 3 is 2.33 bits per heavy atom. The van der Waals surface area contributed by atoms with Crippen LogP contribution in [0.25, 0.3) is 16.7 Å². The van der Waals surface area contributed by atoms with E-state index in [1.807, 2.05) is 80.7 Å². The third kappa shape index (κ3) is 3.34. The normalized spacial score (nSPS) is 10.9. The zero-order chi connectivity index (χ0) is 18.8. The van der Waals surface area contributed by atoms with Gasteiger partial charge in [-0.2, -0.15) is 0 Å². The van der Waals surface area contributed by atoms with Gasteiger partial charge >= 0.3 is 0 Å². The number of benzene rings is 3. The van der Waals surface area contributed by atoms with Crippen molar-refractivity contribution in [2.45, 2.75) is 13.5 Å². The maximum Gasteiger partial charge on any atom is 0.253 e. The summed E-state index contributed by atoms with van der Waals surface area (Å²) >= 11 is 0. The minimum absolute atomic E-state index is 0.00679. The van der Waals surface area contributed by atoms with E-state index in [9.17, 15) is 4.79 Å². The molecule has 4 nitrogen and oxygen atoms in total. The van der Waals surface area contributed by atoms with Gasteiger partial charge in [0.1, 0.15) is 5.82 Å². The Bertz CT molecular complexity index is 1080. The Hall–Kier alpha value is -3.40. The molecular weight excluding hydrogens is 334 g/mol. The number of aromatic nitrogens is 2. The molecule has 1 amide bonds. The fourth-order valence-electron chi connectivity index (χ4n) is 3.39. The smallest absolute Gasteiger partial charge is 0.253 e. The molecule has 134 valence electrons. The van der Waals surface area contributed by atoms with Crippen LogP contribution in [-0.4, -0.2) is 27.4 Å². The summed E-state index contributed by atoms with van der Waals surface area (Å²) in [6, 6.07) is 25.9. The second-order valence-corrected chi connectivity index (χ2v) is 6.68. The van der Waals surface area contributed by atoms with Crippen molar-refractivity contribution in [2.75, 3.05) is 7.05 Å². The first kappa shape index (κ1) is 17.0. The van der Waals surface area contributed by atoms with Gasteiger partial charge < -0.3 is 4.90 Å². The fraction of sp³-hybridized carbons (Fsp3) is 0.130. The minimum atomic E-state index is -0.00679. The van der Waals surface area contributed by atoms with Crippen LogP contribution in [0.4, 0.5) is 0 Å². The van der Waals surface area contributed by atoms with E-state index in [0.717, 1.165) is 28.1 Å². The molecule has 4 aromatic rings. The van der Waals surface area contributed by atoms with Crippen LogP contribution in [0, 0.1) is 6.92 Å². The van der Waals surface area contributed by atoms with Crippen molar-refractivity contribution in [1.82, 2.24) is 14.5 Å². The van der Waals surface area contributed by atoms with E-state index in [4.69, 9.17) is 0 Å². The maximum atomic E-state index is 12.8. The van der Waals surface area contributed by atoms with Crippen molar-refractivity contribution in [3.8, 4) is 5.69 Å². The number of carbonyl (C=O) groups excluding carboxylic acids is 1. The summed E-state index contributed by atoms with van der Waals surface area (Å²) in [6.07, 6.45) is 0. The van der Waals surface area contributed by atoms with Gasteiger partial charge in [0.2, 0.25) is 0 Å². The van der Waals surface area contributed by atoms with E-state index in [1.165, 1.54) is 0 Å². The van der Waals surface area contributed by atoms with Gasteiger partial charge in [-0.3, -0.25) is 9.36 Å². The summed E-state index contributed by atoms with van der Waals surface area (Å²) in [5.74, 6) is 0.895.